The van der Waals surface area contributed by atoms with Gasteiger partial charge in [-0.1, -0.05) is 25.1 Å². The predicted molar refractivity (Wildman–Crippen MR) is 82.0 cm³/mol. The van der Waals surface area contributed by atoms with Crippen molar-refractivity contribution in [3.05, 3.63) is 28.5 Å². The van der Waals surface area contributed by atoms with Gasteiger partial charge in [-0.2, -0.15) is 0 Å². The minimum atomic E-state index is -0.0906. The molecule has 102 valence electrons. The fourth-order valence-corrected chi connectivity index (χ4v) is 2.77. The number of nitrogens with zero attached hydrogens (tertiary/aromatic N) is 2. The molecular formula is C13H16BrN3OS. The van der Waals surface area contributed by atoms with Gasteiger partial charge in [0.15, 0.2) is 0 Å². The van der Waals surface area contributed by atoms with Gasteiger partial charge in [-0.25, -0.2) is 4.98 Å². The molecule has 0 atom stereocenters. The molecule has 6 heteroatoms. The number of halogens is 1. The summed E-state index contributed by atoms with van der Waals surface area (Å²) < 4.78 is 0.853. The summed E-state index contributed by atoms with van der Waals surface area (Å²) in [6, 6.07) is 3.77. The van der Waals surface area contributed by atoms with E-state index in [0.29, 0.717) is 17.2 Å². The number of nitrogens with two attached hydrogens (primary N) is 1. The van der Waals surface area contributed by atoms with E-state index in [1.54, 1.807) is 17.2 Å². The third-order valence-corrected chi connectivity index (χ3v) is 3.90. The van der Waals surface area contributed by atoms with E-state index in [1.807, 2.05) is 6.07 Å². The second kappa shape index (κ2) is 6.43. The van der Waals surface area contributed by atoms with Crippen molar-refractivity contribution in [2.24, 2.45) is 5.73 Å². The minimum absolute atomic E-state index is 0.0906. The molecule has 19 heavy (non-hydrogen) atoms. The number of carbonyl (C=O) groups excluding carboxylic acids is 1. The lowest BCUT2D eigenvalue weighted by Crippen LogP contribution is -2.43. The molecule has 1 saturated carbocycles. The Morgan fingerprint density at radius 1 is 1.47 bits per heavy atom. The van der Waals surface area contributed by atoms with Gasteiger partial charge in [0.05, 0.1) is 11.5 Å². The highest BCUT2D eigenvalue weighted by molar-refractivity contribution is 9.10. The number of pyridine rings is 1. The fraction of sp³-hybridized carbons (Fsp3) is 0.462. The van der Waals surface area contributed by atoms with Crippen molar-refractivity contribution in [3.8, 4) is 0 Å². The van der Waals surface area contributed by atoms with E-state index in [4.69, 9.17) is 18.0 Å². The van der Waals surface area contributed by atoms with Crippen molar-refractivity contribution in [1.29, 1.82) is 0 Å². The van der Waals surface area contributed by atoms with E-state index in [1.165, 1.54) is 0 Å². The summed E-state index contributed by atoms with van der Waals surface area (Å²) in [5.41, 5.74) is 6.05. The predicted octanol–water partition coefficient (Wildman–Crippen LogP) is 2.52. The minimum Gasteiger partial charge on any atom is -0.392 e. The van der Waals surface area contributed by atoms with E-state index >= 15 is 0 Å². The number of hydrogen-bond donors (Lipinski definition) is 1. The third kappa shape index (κ3) is 3.73. The van der Waals surface area contributed by atoms with Crippen LogP contribution in [-0.4, -0.2) is 33.4 Å². The molecule has 2 rings (SSSR count). The first-order chi connectivity index (χ1) is 9.08. The Morgan fingerprint density at radius 3 is 2.68 bits per heavy atom. The Balaban J connectivity index is 2.18. The topological polar surface area (TPSA) is 59.2 Å². The number of carbonyl (C=O) groups is 1. The SMILES string of the molecule is NC(=S)CN(C(=O)c1ccc(Br)cn1)C1CCCC1. The van der Waals surface area contributed by atoms with Gasteiger partial charge >= 0.3 is 0 Å². The van der Waals surface area contributed by atoms with Crippen LogP contribution in [0.5, 0.6) is 0 Å². The first-order valence-electron chi connectivity index (χ1n) is 6.29. The van der Waals surface area contributed by atoms with Gasteiger partial charge in [-0.3, -0.25) is 4.79 Å². The Hall–Kier alpha value is -1.01. The summed E-state index contributed by atoms with van der Waals surface area (Å²) in [5, 5.41) is 0. The zero-order valence-corrected chi connectivity index (χ0v) is 12.9. The van der Waals surface area contributed by atoms with Crippen LogP contribution in [0.15, 0.2) is 22.8 Å². The highest BCUT2D eigenvalue weighted by Crippen LogP contribution is 2.24. The molecule has 1 heterocycles. The molecule has 0 bridgehead atoms. The number of thiocarbonyl (C=S) groups is 1. The summed E-state index contributed by atoms with van der Waals surface area (Å²) in [7, 11) is 0. The molecule has 4 nitrogen and oxygen atoms in total. The average molecular weight is 342 g/mol. The van der Waals surface area contributed by atoms with Crippen molar-refractivity contribution >= 4 is 39.0 Å². The second-order valence-corrected chi connectivity index (χ2v) is 6.14. The smallest absolute Gasteiger partial charge is 0.273 e. The molecular weight excluding hydrogens is 326 g/mol. The van der Waals surface area contributed by atoms with Crippen LogP contribution in [0.4, 0.5) is 0 Å². The van der Waals surface area contributed by atoms with Crippen molar-refractivity contribution in [2.45, 2.75) is 31.7 Å². The number of aromatic nitrogens is 1. The number of rotatable bonds is 4. The van der Waals surface area contributed by atoms with Crippen LogP contribution in [0.2, 0.25) is 0 Å². The van der Waals surface area contributed by atoms with Gasteiger partial charge < -0.3 is 10.6 Å². The van der Waals surface area contributed by atoms with Crippen LogP contribution in [-0.2, 0) is 0 Å². The molecule has 0 aliphatic heterocycles. The van der Waals surface area contributed by atoms with Crippen molar-refractivity contribution in [3.63, 3.8) is 0 Å². The molecule has 1 amide bonds. The quantitative estimate of drug-likeness (QED) is 0.855. The molecule has 0 spiro atoms. The highest BCUT2D eigenvalue weighted by atomic mass is 79.9. The Morgan fingerprint density at radius 2 is 2.16 bits per heavy atom. The Labute approximate surface area is 126 Å². The lowest BCUT2D eigenvalue weighted by atomic mass is 10.2. The van der Waals surface area contributed by atoms with E-state index < -0.39 is 0 Å². The van der Waals surface area contributed by atoms with E-state index in [0.717, 1.165) is 30.2 Å². The summed E-state index contributed by atoms with van der Waals surface area (Å²) in [6.07, 6.45) is 5.97. The zero-order valence-electron chi connectivity index (χ0n) is 10.5. The van der Waals surface area contributed by atoms with Crippen LogP contribution in [0.3, 0.4) is 0 Å². The van der Waals surface area contributed by atoms with Gasteiger partial charge in [-0.15, -0.1) is 0 Å². The lowest BCUT2D eigenvalue weighted by molar-refractivity contribution is 0.0708. The summed E-state index contributed by atoms with van der Waals surface area (Å²) in [4.78, 5) is 18.8. The molecule has 1 aliphatic carbocycles. The number of amides is 1. The molecule has 1 fully saturated rings. The Kier molecular flexibility index (Phi) is 4.87. The van der Waals surface area contributed by atoms with Crippen molar-refractivity contribution in [2.75, 3.05) is 6.54 Å². The van der Waals surface area contributed by atoms with Crippen molar-refractivity contribution in [1.82, 2.24) is 9.88 Å². The molecule has 1 aromatic heterocycles. The van der Waals surface area contributed by atoms with E-state index in [9.17, 15) is 4.79 Å². The Bertz CT molecular complexity index is 471. The summed E-state index contributed by atoms with van der Waals surface area (Å²) in [5.74, 6) is -0.0906. The van der Waals surface area contributed by atoms with Gasteiger partial charge in [0.2, 0.25) is 0 Å². The first-order valence-corrected chi connectivity index (χ1v) is 7.49. The van der Waals surface area contributed by atoms with Crippen LogP contribution in [0.1, 0.15) is 36.2 Å². The normalized spacial score (nSPS) is 15.4. The standard InChI is InChI=1S/C13H16BrN3OS/c14-9-5-6-11(16-7-9)13(18)17(8-12(15)19)10-3-1-2-4-10/h5-7,10H,1-4,8H2,(H2,15,19). The van der Waals surface area contributed by atoms with Crippen molar-refractivity contribution < 1.29 is 4.79 Å². The van der Waals surface area contributed by atoms with Crippen LogP contribution in [0, 0.1) is 0 Å². The maximum absolute atomic E-state index is 12.5. The zero-order chi connectivity index (χ0) is 13.8. The molecule has 0 saturated heterocycles. The van der Waals surface area contributed by atoms with Gasteiger partial charge in [0, 0.05) is 16.7 Å². The maximum Gasteiger partial charge on any atom is 0.273 e. The van der Waals surface area contributed by atoms with Gasteiger partial charge in [0.1, 0.15) is 5.69 Å². The molecule has 0 unspecified atom stereocenters. The van der Waals surface area contributed by atoms with Crippen LogP contribution < -0.4 is 5.73 Å². The maximum atomic E-state index is 12.5. The van der Waals surface area contributed by atoms with Gasteiger partial charge in [-0.05, 0) is 40.9 Å². The molecule has 1 aliphatic rings. The summed E-state index contributed by atoms with van der Waals surface area (Å²) >= 11 is 8.26. The average Bonchev–Trinajstić information content (AvgIpc) is 2.89. The third-order valence-electron chi connectivity index (χ3n) is 3.30. The van der Waals surface area contributed by atoms with Crippen LogP contribution >= 0.6 is 28.1 Å². The fourth-order valence-electron chi connectivity index (χ4n) is 2.40. The number of hydrogen-bond acceptors (Lipinski definition) is 3. The molecule has 2 N–H and O–H groups in total. The molecule has 0 radical (unpaired) electrons. The van der Waals surface area contributed by atoms with E-state index in [2.05, 4.69) is 20.9 Å². The highest BCUT2D eigenvalue weighted by Gasteiger charge is 2.28. The second-order valence-electron chi connectivity index (χ2n) is 4.70. The lowest BCUT2D eigenvalue weighted by Gasteiger charge is -2.28. The van der Waals surface area contributed by atoms with Crippen LogP contribution in [0.25, 0.3) is 0 Å². The summed E-state index contributed by atoms with van der Waals surface area (Å²) in [6.45, 7) is 0.330. The monoisotopic (exact) mass is 341 g/mol. The largest absolute Gasteiger partial charge is 0.392 e. The molecule has 1 aromatic rings. The molecule has 0 aromatic carbocycles. The van der Waals surface area contributed by atoms with E-state index in [-0.39, 0.29) is 11.9 Å². The van der Waals surface area contributed by atoms with Gasteiger partial charge in [0.25, 0.3) is 5.91 Å². The first kappa shape index (κ1) is 14.4.